The van der Waals surface area contributed by atoms with Crippen LogP contribution in [0.5, 0.6) is 0 Å². The van der Waals surface area contributed by atoms with E-state index in [2.05, 4.69) is 15.9 Å². The van der Waals surface area contributed by atoms with Gasteiger partial charge in [-0.15, -0.1) is 6.58 Å². The molecule has 0 fully saturated rings. The summed E-state index contributed by atoms with van der Waals surface area (Å²) in [7, 11) is -3.76. The molecule has 5 heteroatoms. The topological polar surface area (TPSA) is 69.4 Å². The Balaban J connectivity index is 3.57. The van der Waals surface area contributed by atoms with Crippen LogP contribution in [0.2, 0.25) is 0 Å². The molecule has 0 bridgehead atoms. The van der Waals surface area contributed by atoms with Gasteiger partial charge in [0, 0.05) is 0 Å². The van der Waals surface area contributed by atoms with E-state index >= 15 is 0 Å². The third-order valence-corrected chi connectivity index (χ3v) is 0.815. The summed E-state index contributed by atoms with van der Waals surface area (Å²) in [6.45, 7) is 3.15. The molecule has 0 aromatic heterocycles. The van der Waals surface area contributed by atoms with Gasteiger partial charge in [0.15, 0.2) is 0 Å². The van der Waals surface area contributed by atoms with Gasteiger partial charge in [-0.2, -0.15) is 8.42 Å². The van der Waals surface area contributed by atoms with Gasteiger partial charge in [-0.3, -0.25) is 4.18 Å². The first-order valence-electron chi connectivity index (χ1n) is 1.84. The van der Waals surface area contributed by atoms with Crippen LogP contribution >= 0.6 is 0 Å². The molecule has 0 heterocycles. The van der Waals surface area contributed by atoms with Crippen molar-refractivity contribution in [1.29, 1.82) is 0 Å². The standard InChI is InChI=1S/C3H7NO3S/c1-2-3-7-8(4,5)6/h2H,1,3H2,(H2,4,5,6). The van der Waals surface area contributed by atoms with E-state index in [1.807, 2.05) is 0 Å². The molecule has 2 N–H and O–H groups in total. The molecule has 0 unspecified atom stereocenters. The maximum atomic E-state index is 9.90. The molecule has 4 nitrogen and oxygen atoms in total. The van der Waals surface area contributed by atoms with E-state index < -0.39 is 10.3 Å². The SMILES string of the molecule is C=CCOS(N)(=O)=O. The van der Waals surface area contributed by atoms with Crippen molar-refractivity contribution in [2.45, 2.75) is 0 Å². The Morgan fingerprint density at radius 3 is 2.38 bits per heavy atom. The molecule has 0 aliphatic heterocycles. The first kappa shape index (κ1) is 7.61. The zero-order valence-corrected chi connectivity index (χ0v) is 5.02. The second kappa shape index (κ2) is 2.81. The first-order valence-corrected chi connectivity index (χ1v) is 3.31. The lowest BCUT2D eigenvalue weighted by molar-refractivity contribution is 0.358. The minimum absolute atomic E-state index is 0.0706. The summed E-state index contributed by atoms with van der Waals surface area (Å²) in [6.07, 6.45) is 1.30. The van der Waals surface area contributed by atoms with E-state index in [9.17, 15) is 8.42 Å². The molecule has 0 saturated carbocycles. The fraction of sp³-hybridized carbons (Fsp3) is 0.333. The van der Waals surface area contributed by atoms with Crippen LogP contribution < -0.4 is 5.14 Å². The molecule has 8 heavy (non-hydrogen) atoms. The number of hydrogen-bond acceptors (Lipinski definition) is 3. The Morgan fingerprint density at radius 2 is 2.25 bits per heavy atom. The Bertz CT molecular complexity index is 159. The van der Waals surface area contributed by atoms with Gasteiger partial charge in [-0.05, 0) is 0 Å². The Morgan fingerprint density at radius 1 is 1.75 bits per heavy atom. The van der Waals surface area contributed by atoms with E-state index in [1.165, 1.54) is 6.08 Å². The van der Waals surface area contributed by atoms with Crippen molar-refractivity contribution in [3.05, 3.63) is 12.7 Å². The summed E-state index contributed by atoms with van der Waals surface area (Å²) in [6, 6.07) is 0. The van der Waals surface area contributed by atoms with Gasteiger partial charge in [0.2, 0.25) is 0 Å². The van der Waals surface area contributed by atoms with Crippen molar-refractivity contribution < 1.29 is 12.6 Å². The highest BCUT2D eigenvalue weighted by Gasteiger charge is 1.96. The largest absolute Gasteiger partial charge is 0.333 e. The van der Waals surface area contributed by atoms with Gasteiger partial charge in [0.25, 0.3) is 0 Å². The molecular weight excluding hydrogens is 130 g/mol. The molecule has 0 amide bonds. The van der Waals surface area contributed by atoms with Gasteiger partial charge < -0.3 is 0 Å². The quantitative estimate of drug-likeness (QED) is 0.528. The minimum atomic E-state index is -3.76. The van der Waals surface area contributed by atoms with Crippen LogP contribution in [-0.4, -0.2) is 15.0 Å². The minimum Gasteiger partial charge on any atom is -0.254 e. The van der Waals surface area contributed by atoms with Gasteiger partial charge >= 0.3 is 10.3 Å². The zero-order valence-electron chi connectivity index (χ0n) is 4.20. The van der Waals surface area contributed by atoms with Crippen LogP contribution in [0, 0.1) is 0 Å². The highest BCUT2D eigenvalue weighted by molar-refractivity contribution is 7.84. The predicted octanol–water partition coefficient (Wildman–Crippen LogP) is -0.607. The average molecular weight is 137 g/mol. The molecule has 0 rings (SSSR count). The van der Waals surface area contributed by atoms with Gasteiger partial charge in [0.1, 0.15) is 0 Å². The van der Waals surface area contributed by atoms with Crippen molar-refractivity contribution in [3.8, 4) is 0 Å². The highest BCUT2D eigenvalue weighted by atomic mass is 32.2. The van der Waals surface area contributed by atoms with E-state index in [0.29, 0.717) is 0 Å². The molecule has 0 radical (unpaired) electrons. The van der Waals surface area contributed by atoms with Crippen LogP contribution in [-0.2, 0) is 14.5 Å². The van der Waals surface area contributed by atoms with Crippen LogP contribution in [0.3, 0.4) is 0 Å². The predicted molar refractivity (Wildman–Crippen MR) is 29.3 cm³/mol. The molecule has 48 valence electrons. The highest BCUT2D eigenvalue weighted by Crippen LogP contribution is 1.79. The molecule has 0 spiro atoms. The van der Waals surface area contributed by atoms with E-state index in [0.717, 1.165) is 0 Å². The second-order valence-corrected chi connectivity index (χ2v) is 2.29. The smallest absolute Gasteiger partial charge is 0.254 e. The Hall–Kier alpha value is -0.390. The lowest BCUT2D eigenvalue weighted by atomic mass is 10.7. The Labute approximate surface area is 48.2 Å². The third-order valence-electron chi connectivity index (χ3n) is 0.350. The molecule has 0 aliphatic carbocycles. The Kier molecular flexibility index (Phi) is 2.67. The second-order valence-electron chi connectivity index (χ2n) is 1.07. The number of hydrogen-bond donors (Lipinski definition) is 1. The third kappa shape index (κ3) is 5.61. The van der Waals surface area contributed by atoms with Gasteiger partial charge in [0.05, 0.1) is 6.61 Å². The molecule has 0 saturated heterocycles. The van der Waals surface area contributed by atoms with Crippen LogP contribution in [0.25, 0.3) is 0 Å². The summed E-state index contributed by atoms with van der Waals surface area (Å²) >= 11 is 0. The molecule has 0 aliphatic rings. The first-order chi connectivity index (χ1) is 3.56. The van der Waals surface area contributed by atoms with Crippen LogP contribution in [0.4, 0.5) is 0 Å². The van der Waals surface area contributed by atoms with Crippen LogP contribution in [0.15, 0.2) is 12.7 Å². The van der Waals surface area contributed by atoms with Crippen LogP contribution in [0.1, 0.15) is 0 Å². The summed E-state index contributed by atoms with van der Waals surface area (Å²) in [5.74, 6) is 0. The number of nitrogens with two attached hydrogens (primary N) is 1. The zero-order chi connectivity index (χ0) is 6.62. The van der Waals surface area contributed by atoms with Gasteiger partial charge in [-0.1, -0.05) is 6.08 Å². The maximum Gasteiger partial charge on any atom is 0.333 e. The van der Waals surface area contributed by atoms with E-state index in [4.69, 9.17) is 0 Å². The summed E-state index contributed by atoms with van der Waals surface area (Å²) in [5, 5.41) is 4.42. The average Bonchev–Trinajstić information content (AvgIpc) is 1.59. The lowest BCUT2D eigenvalue weighted by Crippen LogP contribution is -2.15. The van der Waals surface area contributed by atoms with E-state index in [-0.39, 0.29) is 6.61 Å². The fourth-order valence-corrected chi connectivity index (χ4v) is 0.429. The van der Waals surface area contributed by atoms with Crippen molar-refractivity contribution in [2.24, 2.45) is 5.14 Å². The molecule has 0 aromatic carbocycles. The molecule has 0 atom stereocenters. The monoisotopic (exact) mass is 137 g/mol. The molecular formula is C3H7NO3S. The normalized spacial score (nSPS) is 11.1. The van der Waals surface area contributed by atoms with Crippen molar-refractivity contribution in [1.82, 2.24) is 0 Å². The maximum absolute atomic E-state index is 9.90. The van der Waals surface area contributed by atoms with Crippen molar-refractivity contribution in [3.63, 3.8) is 0 Å². The summed E-state index contributed by atoms with van der Waals surface area (Å²) in [5.41, 5.74) is 0. The van der Waals surface area contributed by atoms with Gasteiger partial charge in [-0.25, -0.2) is 5.14 Å². The fourth-order valence-electron chi connectivity index (χ4n) is 0.143. The summed E-state index contributed by atoms with van der Waals surface area (Å²) < 4.78 is 23.8. The summed E-state index contributed by atoms with van der Waals surface area (Å²) in [4.78, 5) is 0. The van der Waals surface area contributed by atoms with Crippen molar-refractivity contribution >= 4 is 10.3 Å². The molecule has 0 aromatic rings. The van der Waals surface area contributed by atoms with Crippen molar-refractivity contribution in [2.75, 3.05) is 6.61 Å². The number of rotatable bonds is 3. The van der Waals surface area contributed by atoms with E-state index in [1.54, 1.807) is 0 Å². The lowest BCUT2D eigenvalue weighted by Gasteiger charge is -1.91.